The highest BCUT2D eigenvalue weighted by atomic mass is 31.2. The Morgan fingerprint density at radius 1 is 0.621 bits per heavy atom. The Labute approximate surface area is 350 Å². The van der Waals surface area contributed by atoms with Crippen molar-refractivity contribution in [1.29, 1.82) is 0 Å². The first kappa shape index (κ1) is 54.4. The quantitative estimate of drug-likeness (QED) is 0.0181. The lowest BCUT2D eigenvalue weighted by Gasteiger charge is -2.20. The summed E-state index contributed by atoms with van der Waals surface area (Å²) in [7, 11) is -4.46. The van der Waals surface area contributed by atoms with Crippen LogP contribution in [0.25, 0.3) is 0 Å². The molecule has 0 spiro atoms. The Morgan fingerprint density at radius 3 is 1.67 bits per heavy atom. The van der Waals surface area contributed by atoms with Crippen LogP contribution in [0.2, 0.25) is 0 Å². The van der Waals surface area contributed by atoms with Crippen molar-refractivity contribution in [2.24, 2.45) is 5.73 Å². The standard InChI is InChI=1S/C47H74NO9P/c1-3-5-7-9-11-13-15-17-19-21-23-25-27-29-31-33-35-37-47(51)57-45(43-56-58(52,53)55-41-40-48)42-54-46(50)39-38-44(49)36-34-32-30-28-26-24-22-20-18-16-14-12-10-8-6-4-2/h6,8,11-14,17-20,23-26,29-32,34,36,44-45,49H,3-5,7,9-10,15-16,21-22,27-28,33,35,37-43,48H2,1-2H3,(H,52,53)/b8-6-,13-11-,14-12-,19-17-,20-18-,25-23-,26-24-,31-29-,32-30-,36-34-/t44?,45-/m1/s1. The molecular formula is C47H74NO9P. The van der Waals surface area contributed by atoms with Gasteiger partial charge >= 0.3 is 19.8 Å². The molecule has 0 aromatic carbocycles. The Kier molecular flexibility index (Phi) is 38.9. The van der Waals surface area contributed by atoms with Gasteiger partial charge in [0.2, 0.25) is 0 Å². The molecule has 11 heteroatoms. The van der Waals surface area contributed by atoms with Crippen molar-refractivity contribution in [3.05, 3.63) is 122 Å². The summed E-state index contributed by atoms with van der Waals surface area (Å²) in [5.41, 5.74) is 5.33. The van der Waals surface area contributed by atoms with Gasteiger partial charge in [-0.3, -0.25) is 18.6 Å². The number of aliphatic hydroxyl groups excluding tert-OH is 1. The van der Waals surface area contributed by atoms with E-state index in [0.717, 1.165) is 57.8 Å². The fourth-order valence-electron chi connectivity index (χ4n) is 4.79. The number of phosphoric ester groups is 1. The van der Waals surface area contributed by atoms with E-state index in [9.17, 15) is 24.2 Å². The second-order valence-corrected chi connectivity index (χ2v) is 14.8. The number of aliphatic hydroxyl groups is 1. The molecule has 58 heavy (non-hydrogen) atoms. The zero-order valence-corrected chi connectivity index (χ0v) is 36.2. The maximum absolute atomic E-state index is 12.6. The summed E-state index contributed by atoms with van der Waals surface area (Å²) >= 11 is 0. The van der Waals surface area contributed by atoms with Crippen LogP contribution in [0.1, 0.15) is 123 Å². The lowest BCUT2D eigenvalue weighted by Crippen LogP contribution is -2.29. The highest BCUT2D eigenvalue weighted by Crippen LogP contribution is 2.43. The smallest absolute Gasteiger partial charge is 0.462 e. The number of phosphoric acid groups is 1. The number of hydrogen-bond donors (Lipinski definition) is 3. The average molecular weight is 828 g/mol. The first-order chi connectivity index (χ1) is 28.2. The molecule has 0 amide bonds. The van der Waals surface area contributed by atoms with E-state index in [4.69, 9.17) is 24.3 Å². The number of rotatable bonds is 37. The summed E-state index contributed by atoms with van der Waals surface area (Å²) in [6.45, 7) is 3.21. The summed E-state index contributed by atoms with van der Waals surface area (Å²) in [4.78, 5) is 34.8. The van der Waals surface area contributed by atoms with Crippen molar-refractivity contribution in [2.75, 3.05) is 26.4 Å². The van der Waals surface area contributed by atoms with Crippen molar-refractivity contribution in [3.63, 3.8) is 0 Å². The summed E-state index contributed by atoms with van der Waals surface area (Å²) in [6.07, 6.45) is 52.8. The normalized spacial score (nSPS) is 15.1. The van der Waals surface area contributed by atoms with Gasteiger partial charge in [0, 0.05) is 19.4 Å². The van der Waals surface area contributed by atoms with Crippen molar-refractivity contribution in [1.82, 2.24) is 0 Å². The van der Waals surface area contributed by atoms with E-state index in [2.05, 4.69) is 98.9 Å². The van der Waals surface area contributed by atoms with E-state index in [1.807, 2.05) is 24.3 Å². The van der Waals surface area contributed by atoms with Crippen molar-refractivity contribution in [2.45, 2.75) is 135 Å². The Morgan fingerprint density at radius 2 is 1.14 bits per heavy atom. The third-order valence-electron chi connectivity index (χ3n) is 7.95. The molecule has 2 unspecified atom stereocenters. The van der Waals surface area contributed by atoms with Crippen LogP contribution in [0.4, 0.5) is 0 Å². The van der Waals surface area contributed by atoms with Crippen molar-refractivity contribution in [3.8, 4) is 0 Å². The molecule has 0 aliphatic carbocycles. The van der Waals surface area contributed by atoms with Gasteiger partial charge in [-0.05, 0) is 83.5 Å². The molecular weight excluding hydrogens is 753 g/mol. The zero-order chi connectivity index (χ0) is 42.6. The van der Waals surface area contributed by atoms with Gasteiger partial charge in [-0.15, -0.1) is 0 Å². The number of carbonyl (C=O) groups is 2. The van der Waals surface area contributed by atoms with Crippen LogP contribution < -0.4 is 5.73 Å². The molecule has 0 rings (SSSR count). The molecule has 0 aliphatic rings. The fraction of sp³-hybridized carbons (Fsp3) is 0.532. The molecule has 3 atom stereocenters. The Balaban J connectivity index is 4.53. The molecule has 0 saturated heterocycles. The van der Waals surface area contributed by atoms with Gasteiger partial charge in [-0.25, -0.2) is 4.57 Å². The average Bonchev–Trinajstić information content (AvgIpc) is 3.21. The number of ether oxygens (including phenoxy) is 2. The van der Waals surface area contributed by atoms with Crippen LogP contribution in [-0.4, -0.2) is 60.5 Å². The summed E-state index contributed by atoms with van der Waals surface area (Å²) < 4.78 is 32.5. The number of unbranched alkanes of at least 4 members (excludes halogenated alkanes) is 4. The molecule has 0 heterocycles. The maximum atomic E-state index is 12.6. The second kappa shape index (κ2) is 41.5. The lowest BCUT2D eigenvalue weighted by molar-refractivity contribution is -0.161. The van der Waals surface area contributed by atoms with E-state index in [1.165, 1.54) is 19.3 Å². The van der Waals surface area contributed by atoms with E-state index >= 15 is 0 Å². The molecule has 4 N–H and O–H groups in total. The first-order valence-electron chi connectivity index (χ1n) is 21.1. The summed E-state index contributed by atoms with van der Waals surface area (Å²) in [5, 5.41) is 10.3. The van der Waals surface area contributed by atoms with Gasteiger partial charge < -0.3 is 25.2 Å². The fourth-order valence-corrected chi connectivity index (χ4v) is 5.56. The van der Waals surface area contributed by atoms with Gasteiger partial charge in [-0.2, -0.15) is 0 Å². The zero-order valence-electron chi connectivity index (χ0n) is 35.3. The maximum Gasteiger partial charge on any atom is 0.472 e. The molecule has 0 aromatic heterocycles. The van der Waals surface area contributed by atoms with Crippen LogP contribution in [0.15, 0.2) is 122 Å². The molecule has 0 radical (unpaired) electrons. The van der Waals surface area contributed by atoms with Crippen LogP contribution in [0.3, 0.4) is 0 Å². The Hall–Kier alpha value is -3.63. The first-order valence-corrected chi connectivity index (χ1v) is 22.6. The van der Waals surface area contributed by atoms with Gasteiger partial charge in [0.05, 0.1) is 19.3 Å². The minimum Gasteiger partial charge on any atom is -0.462 e. The SMILES string of the molecule is CC/C=C\C/C=C\C/C=C\C/C=C\C/C=C\C=C/C(O)CCC(=O)OC[C@H](COP(=O)(O)OCCN)OC(=O)CCC/C=C\C/C=C\C/C=C\C/C=C\CCCCC. The monoisotopic (exact) mass is 828 g/mol. The number of esters is 2. The van der Waals surface area contributed by atoms with Crippen LogP contribution in [-0.2, 0) is 32.7 Å². The highest BCUT2D eigenvalue weighted by molar-refractivity contribution is 7.47. The number of hydrogen-bond acceptors (Lipinski definition) is 9. The minimum absolute atomic E-state index is 0.00668. The molecule has 0 bridgehead atoms. The predicted molar refractivity (Wildman–Crippen MR) is 239 cm³/mol. The highest BCUT2D eigenvalue weighted by Gasteiger charge is 2.26. The molecule has 10 nitrogen and oxygen atoms in total. The minimum atomic E-state index is -4.46. The molecule has 0 saturated carbocycles. The third-order valence-corrected chi connectivity index (χ3v) is 8.93. The Bertz CT molecular complexity index is 1370. The van der Waals surface area contributed by atoms with Crippen LogP contribution >= 0.6 is 7.82 Å². The number of nitrogens with two attached hydrogens (primary N) is 1. The van der Waals surface area contributed by atoms with Crippen molar-refractivity contribution >= 4 is 19.8 Å². The molecule has 0 aromatic rings. The van der Waals surface area contributed by atoms with Gasteiger partial charge in [0.25, 0.3) is 0 Å². The van der Waals surface area contributed by atoms with E-state index in [1.54, 1.807) is 12.2 Å². The number of allylic oxidation sites excluding steroid dienone is 19. The van der Waals surface area contributed by atoms with Crippen LogP contribution in [0, 0.1) is 0 Å². The second-order valence-electron chi connectivity index (χ2n) is 13.3. The van der Waals surface area contributed by atoms with Crippen LogP contribution in [0.5, 0.6) is 0 Å². The lowest BCUT2D eigenvalue weighted by atomic mass is 10.2. The van der Waals surface area contributed by atoms with E-state index in [-0.39, 0.29) is 32.4 Å². The van der Waals surface area contributed by atoms with Gasteiger partial charge in [0.15, 0.2) is 6.10 Å². The van der Waals surface area contributed by atoms with Gasteiger partial charge in [0.1, 0.15) is 6.61 Å². The third kappa shape index (κ3) is 40.6. The summed E-state index contributed by atoms with van der Waals surface area (Å²) in [5.74, 6) is -1.19. The molecule has 0 fully saturated rings. The molecule has 0 aliphatic heterocycles. The van der Waals surface area contributed by atoms with E-state index in [0.29, 0.717) is 12.8 Å². The number of carbonyl (C=O) groups excluding carboxylic acids is 2. The van der Waals surface area contributed by atoms with Crippen molar-refractivity contribution < 1.29 is 42.7 Å². The summed E-state index contributed by atoms with van der Waals surface area (Å²) in [6, 6.07) is 0. The predicted octanol–water partition coefficient (Wildman–Crippen LogP) is 11.1. The van der Waals surface area contributed by atoms with Gasteiger partial charge in [-0.1, -0.05) is 148 Å². The van der Waals surface area contributed by atoms with E-state index < -0.39 is 45.2 Å². The largest absolute Gasteiger partial charge is 0.472 e. The topological polar surface area (TPSA) is 155 Å². The molecule has 326 valence electrons.